The van der Waals surface area contributed by atoms with Gasteiger partial charge < -0.3 is 14.0 Å². The highest BCUT2D eigenvalue weighted by atomic mass is 35.5. The number of nitrogens with one attached hydrogen (secondary N) is 1. The van der Waals surface area contributed by atoms with Crippen molar-refractivity contribution in [3.63, 3.8) is 0 Å². The minimum atomic E-state index is -2.11. The van der Waals surface area contributed by atoms with Gasteiger partial charge in [0.15, 0.2) is 11.6 Å². The summed E-state index contributed by atoms with van der Waals surface area (Å²) in [7, 11) is 1.62. The maximum Gasteiger partial charge on any atom is 0.254 e. The fraction of sp³-hybridized carbons (Fsp3) is 0.227. The molecule has 0 saturated carbocycles. The molecule has 0 aliphatic carbocycles. The molecule has 1 aromatic heterocycles. The van der Waals surface area contributed by atoms with Crippen LogP contribution in [0.25, 0.3) is 11.1 Å². The lowest BCUT2D eigenvalue weighted by molar-refractivity contribution is 0.340. The lowest BCUT2D eigenvalue weighted by atomic mass is 10.0. The van der Waals surface area contributed by atoms with E-state index in [1.807, 2.05) is 6.07 Å². The highest BCUT2D eigenvalue weighted by Gasteiger charge is 2.17. The van der Waals surface area contributed by atoms with Gasteiger partial charge in [-0.25, -0.2) is 13.3 Å². The van der Waals surface area contributed by atoms with Crippen molar-refractivity contribution in [2.45, 2.75) is 13.3 Å². The fourth-order valence-corrected chi connectivity index (χ4v) is 3.52. The zero-order valence-corrected chi connectivity index (χ0v) is 19.0. The normalized spacial score (nSPS) is 11.9. The lowest BCUT2D eigenvalue weighted by Gasteiger charge is -2.17. The standard InChI is InChI=1S/C22H22ClFN2O5S/c1-3-30-21-12-22(27)26(2)13-17(21)16-10-14(8-9-25-32(28)29)4-6-19(16)31-20-7-5-15(23)11-18(20)24/h4-7,10-13,25H,3,8-9H2,1-2H3,(H,28,29). The summed E-state index contributed by atoms with van der Waals surface area (Å²) in [6.07, 6.45) is 2.07. The number of hydrogen-bond donors (Lipinski definition) is 2. The van der Waals surface area contributed by atoms with Crippen LogP contribution in [-0.4, -0.2) is 26.5 Å². The van der Waals surface area contributed by atoms with Crippen LogP contribution < -0.4 is 19.8 Å². The van der Waals surface area contributed by atoms with E-state index in [-0.39, 0.29) is 22.9 Å². The van der Waals surface area contributed by atoms with E-state index in [2.05, 4.69) is 4.72 Å². The number of aryl methyl sites for hydroxylation is 1. The van der Waals surface area contributed by atoms with Crippen molar-refractivity contribution < 1.29 is 22.6 Å². The summed E-state index contributed by atoms with van der Waals surface area (Å²) in [5.74, 6) is 0.0770. The molecular weight excluding hydrogens is 459 g/mol. The van der Waals surface area contributed by atoms with Gasteiger partial charge in [0.2, 0.25) is 11.3 Å². The Labute approximate surface area is 192 Å². The van der Waals surface area contributed by atoms with Crippen molar-refractivity contribution >= 4 is 22.9 Å². The summed E-state index contributed by atoms with van der Waals surface area (Å²) in [4.78, 5) is 12.2. The molecule has 0 radical (unpaired) electrons. The van der Waals surface area contributed by atoms with Crippen LogP contribution in [0.15, 0.2) is 53.5 Å². The van der Waals surface area contributed by atoms with Crippen LogP contribution in [0.1, 0.15) is 12.5 Å². The molecule has 10 heteroatoms. The van der Waals surface area contributed by atoms with Crippen molar-refractivity contribution in [3.8, 4) is 28.4 Å². The monoisotopic (exact) mass is 480 g/mol. The molecule has 32 heavy (non-hydrogen) atoms. The second kappa shape index (κ2) is 10.7. The molecule has 2 N–H and O–H groups in total. The van der Waals surface area contributed by atoms with E-state index >= 15 is 0 Å². The van der Waals surface area contributed by atoms with Gasteiger partial charge in [-0.3, -0.25) is 9.35 Å². The van der Waals surface area contributed by atoms with Crippen LogP contribution >= 0.6 is 11.6 Å². The molecule has 1 heterocycles. The zero-order chi connectivity index (χ0) is 23.3. The second-order valence-corrected chi connectivity index (χ2v) is 8.06. The van der Waals surface area contributed by atoms with Crippen LogP contribution in [0.3, 0.4) is 0 Å². The van der Waals surface area contributed by atoms with E-state index in [1.165, 1.54) is 22.8 Å². The van der Waals surface area contributed by atoms with Crippen LogP contribution in [0.2, 0.25) is 5.02 Å². The highest BCUT2D eigenvalue weighted by Crippen LogP contribution is 2.39. The summed E-state index contributed by atoms with van der Waals surface area (Å²) in [6, 6.07) is 10.8. The molecule has 0 aliphatic heterocycles. The molecule has 1 unspecified atom stereocenters. The van der Waals surface area contributed by atoms with Crippen LogP contribution in [-0.2, 0) is 24.7 Å². The molecule has 0 spiro atoms. The molecule has 1 atom stereocenters. The first-order chi connectivity index (χ1) is 15.3. The first-order valence-corrected chi connectivity index (χ1v) is 11.2. The minimum absolute atomic E-state index is 0.0106. The summed E-state index contributed by atoms with van der Waals surface area (Å²) in [6.45, 7) is 2.41. The van der Waals surface area contributed by atoms with E-state index < -0.39 is 17.1 Å². The van der Waals surface area contributed by atoms with Crippen molar-refractivity contribution in [2.75, 3.05) is 13.2 Å². The van der Waals surface area contributed by atoms with Gasteiger partial charge in [0.05, 0.1) is 6.61 Å². The average molecular weight is 481 g/mol. The Balaban J connectivity index is 2.10. The summed E-state index contributed by atoms with van der Waals surface area (Å²) in [5, 5.41) is 0.246. The van der Waals surface area contributed by atoms with E-state index in [4.69, 9.17) is 25.6 Å². The van der Waals surface area contributed by atoms with Crippen LogP contribution in [0.5, 0.6) is 17.2 Å². The Morgan fingerprint density at radius 2 is 1.88 bits per heavy atom. The topological polar surface area (TPSA) is 89.8 Å². The molecule has 2 aromatic carbocycles. The Morgan fingerprint density at radius 3 is 2.56 bits per heavy atom. The summed E-state index contributed by atoms with van der Waals surface area (Å²) in [5.41, 5.74) is 1.74. The third kappa shape index (κ3) is 5.95. The van der Waals surface area contributed by atoms with Gasteiger partial charge >= 0.3 is 0 Å². The molecule has 0 fully saturated rings. The lowest BCUT2D eigenvalue weighted by Crippen LogP contribution is -2.19. The molecule has 170 valence electrons. The number of rotatable bonds is 9. The molecule has 0 aliphatic rings. The van der Waals surface area contributed by atoms with Crippen molar-refractivity contribution in [2.24, 2.45) is 7.05 Å². The van der Waals surface area contributed by atoms with E-state index in [1.54, 1.807) is 32.3 Å². The number of pyridine rings is 1. The molecule has 7 nitrogen and oxygen atoms in total. The maximum atomic E-state index is 14.4. The smallest absolute Gasteiger partial charge is 0.254 e. The zero-order valence-electron chi connectivity index (χ0n) is 17.4. The van der Waals surface area contributed by atoms with Gasteiger partial charge in [0.25, 0.3) is 5.56 Å². The fourth-order valence-electron chi connectivity index (χ4n) is 3.08. The highest BCUT2D eigenvalue weighted by molar-refractivity contribution is 7.77. The molecule has 0 saturated heterocycles. The Kier molecular flexibility index (Phi) is 8.03. The van der Waals surface area contributed by atoms with Crippen molar-refractivity contribution in [1.82, 2.24) is 9.29 Å². The van der Waals surface area contributed by atoms with E-state index in [9.17, 15) is 13.4 Å². The predicted molar refractivity (Wildman–Crippen MR) is 122 cm³/mol. The van der Waals surface area contributed by atoms with Gasteiger partial charge in [-0.15, -0.1) is 0 Å². The summed E-state index contributed by atoms with van der Waals surface area (Å²) < 4.78 is 49.5. The SMILES string of the molecule is CCOc1cc(=O)n(C)cc1-c1cc(CCNS(=O)O)ccc1Oc1ccc(Cl)cc1F. The number of halogens is 2. The quantitative estimate of drug-likeness (QED) is 0.445. The number of ether oxygens (including phenoxy) is 2. The third-order valence-corrected chi connectivity index (χ3v) is 5.26. The van der Waals surface area contributed by atoms with Crippen LogP contribution in [0.4, 0.5) is 4.39 Å². The Hall–Kier alpha value is -2.72. The van der Waals surface area contributed by atoms with E-state index in [0.29, 0.717) is 35.7 Å². The summed E-state index contributed by atoms with van der Waals surface area (Å²) >= 11 is 3.72. The molecule has 3 rings (SSSR count). The Morgan fingerprint density at radius 1 is 1.12 bits per heavy atom. The molecule has 0 amide bonds. The first-order valence-electron chi connectivity index (χ1n) is 9.72. The van der Waals surface area contributed by atoms with Gasteiger partial charge in [0, 0.05) is 42.0 Å². The Bertz CT molecular complexity index is 1200. The maximum absolute atomic E-state index is 14.4. The van der Waals surface area contributed by atoms with Crippen molar-refractivity contribution in [3.05, 3.63) is 75.4 Å². The largest absolute Gasteiger partial charge is 0.493 e. The number of hydrogen-bond acceptors (Lipinski definition) is 4. The predicted octanol–water partition coefficient (Wildman–Crippen LogP) is 4.30. The number of nitrogens with zero attached hydrogens (tertiary/aromatic N) is 1. The number of benzene rings is 2. The molecule has 3 aromatic rings. The van der Waals surface area contributed by atoms with Gasteiger partial charge in [0.1, 0.15) is 11.5 Å². The first kappa shape index (κ1) is 23.9. The second-order valence-electron chi connectivity index (χ2n) is 6.83. The van der Waals surface area contributed by atoms with Gasteiger partial charge in [-0.2, -0.15) is 0 Å². The third-order valence-electron chi connectivity index (χ3n) is 4.58. The molecular formula is C22H22ClFN2O5S. The van der Waals surface area contributed by atoms with E-state index in [0.717, 1.165) is 11.6 Å². The minimum Gasteiger partial charge on any atom is -0.493 e. The van der Waals surface area contributed by atoms with Crippen LogP contribution in [0, 0.1) is 5.82 Å². The van der Waals surface area contributed by atoms with Crippen molar-refractivity contribution in [1.29, 1.82) is 0 Å². The average Bonchev–Trinajstić information content (AvgIpc) is 2.73. The van der Waals surface area contributed by atoms with Gasteiger partial charge in [-0.05, 0) is 49.2 Å². The molecule has 0 bridgehead atoms. The number of aromatic nitrogens is 1. The van der Waals surface area contributed by atoms with Gasteiger partial charge in [-0.1, -0.05) is 17.7 Å².